The van der Waals surface area contributed by atoms with Crippen LogP contribution in [0, 0.1) is 4.78 Å². The summed E-state index contributed by atoms with van der Waals surface area (Å²) >= 11 is 0. The Labute approximate surface area is 202 Å². The van der Waals surface area contributed by atoms with Gasteiger partial charge in [-0.1, -0.05) is 6.92 Å². The summed E-state index contributed by atoms with van der Waals surface area (Å²) in [6.45, 7) is 1.58. The number of halogens is 5. The second-order valence-electron chi connectivity index (χ2n) is 8.61. The second-order valence-corrected chi connectivity index (χ2v) is 11.0. The van der Waals surface area contributed by atoms with Gasteiger partial charge < -0.3 is 9.13 Å². The number of hydrogen-bond acceptors (Lipinski definition) is 6. The molecular weight excluding hydrogens is 505 g/mol. The minimum Gasteiger partial charge on any atom is -0.334 e. The Kier molecular flexibility index (Phi) is 5.43. The normalized spacial score (nSPS) is 16.4. The maximum atomic E-state index is 13.9. The molecule has 1 saturated carbocycles. The van der Waals surface area contributed by atoms with Crippen LogP contribution in [-0.2, 0) is 22.7 Å². The first-order valence-electron chi connectivity index (χ1n) is 10.9. The number of alkyl halides is 5. The van der Waals surface area contributed by atoms with Gasteiger partial charge in [-0.25, -0.2) is 23.9 Å². The van der Waals surface area contributed by atoms with Crippen molar-refractivity contribution in [2.24, 2.45) is 7.05 Å². The summed E-state index contributed by atoms with van der Waals surface area (Å²) in [6.07, 6.45) is 1.79. The molecule has 0 bridgehead atoms. The number of fused-ring (bicyclic) bond motifs is 1. The Morgan fingerprint density at radius 3 is 2.47 bits per heavy atom. The highest BCUT2D eigenvalue weighted by Crippen LogP contribution is 2.44. The van der Waals surface area contributed by atoms with E-state index in [4.69, 9.17) is 4.78 Å². The summed E-state index contributed by atoms with van der Waals surface area (Å²) in [7, 11) is -1.87. The minimum absolute atomic E-state index is 0.0275. The van der Waals surface area contributed by atoms with Crippen molar-refractivity contribution in [3.8, 4) is 22.8 Å². The Hall–Kier alpha value is -3.42. The zero-order valence-corrected chi connectivity index (χ0v) is 19.9. The number of aromatic nitrogens is 6. The number of aryl methyl sites for hydroxylation is 1. The first-order chi connectivity index (χ1) is 16.8. The van der Waals surface area contributed by atoms with Crippen molar-refractivity contribution in [2.45, 2.75) is 42.8 Å². The van der Waals surface area contributed by atoms with Crippen molar-refractivity contribution in [1.82, 2.24) is 29.1 Å². The van der Waals surface area contributed by atoms with E-state index in [2.05, 4.69) is 19.9 Å². The first kappa shape index (κ1) is 24.3. The van der Waals surface area contributed by atoms with E-state index in [0.29, 0.717) is 29.6 Å². The Morgan fingerprint density at radius 2 is 1.83 bits per heavy atom. The zero-order chi connectivity index (χ0) is 26.0. The van der Waals surface area contributed by atoms with Crippen molar-refractivity contribution in [3.63, 3.8) is 0 Å². The van der Waals surface area contributed by atoms with Gasteiger partial charge in [-0.15, -0.1) is 0 Å². The van der Waals surface area contributed by atoms with Crippen LogP contribution in [-0.4, -0.2) is 45.2 Å². The molecule has 0 unspecified atom stereocenters. The summed E-state index contributed by atoms with van der Waals surface area (Å²) in [5, 5.41) is 0. The molecule has 0 aliphatic heterocycles. The lowest BCUT2D eigenvalue weighted by Crippen LogP contribution is -2.33. The molecule has 1 aliphatic carbocycles. The van der Waals surface area contributed by atoms with Gasteiger partial charge in [0, 0.05) is 43.0 Å². The summed E-state index contributed by atoms with van der Waals surface area (Å²) < 4.78 is 91.2. The van der Waals surface area contributed by atoms with Crippen LogP contribution in [0.3, 0.4) is 0 Å². The van der Waals surface area contributed by atoms with Gasteiger partial charge in [-0.3, -0.25) is 4.98 Å². The molecule has 1 atom stereocenters. The van der Waals surface area contributed by atoms with Gasteiger partial charge in [0.25, 0.3) is 0 Å². The lowest BCUT2D eigenvalue weighted by molar-refractivity contribution is -0.289. The molecule has 14 heteroatoms. The van der Waals surface area contributed by atoms with E-state index in [9.17, 15) is 26.2 Å². The maximum absolute atomic E-state index is 13.9. The van der Waals surface area contributed by atoms with Crippen molar-refractivity contribution in [1.29, 1.82) is 4.78 Å². The second kappa shape index (κ2) is 8.05. The minimum atomic E-state index is -5.80. The molecule has 0 spiro atoms. The van der Waals surface area contributed by atoms with Gasteiger partial charge in [0.05, 0.1) is 32.2 Å². The maximum Gasteiger partial charge on any atom is 0.458 e. The number of nitrogens with one attached hydrogen (secondary N) is 1. The van der Waals surface area contributed by atoms with Crippen molar-refractivity contribution in [3.05, 3.63) is 42.6 Å². The van der Waals surface area contributed by atoms with Crippen LogP contribution >= 0.6 is 0 Å². The standard InChI is InChI=1S/C22H20F5N7OS/c1-3-36(28,35)17-6-12(16-10-34(11-31-16)14-4-5-14)8-29-18(17)20-32-15-7-13(9-30-19(15)33(20)2)21(23,24)22(25,26)27/h6-11,14,28H,3-5H2,1-2H3/t36-/m0/s1. The Balaban J connectivity index is 1.65. The average molecular weight is 526 g/mol. The van der Waals surface area contributed by atoms with Crippen LogP contribution in [0.4, 0.5) is 22.0 Å². The Morgan fingerprint density at radius 1 is 1.11 bits per heavy atom. The van der Waals surface area contributed by atoms with E-state index in [0.717, 1.165) is 12.8 Å². The SMILES string of the molecule is CC[S@](=N)(=O)c1cc(-c2cn(C3CC3)cn2)cnc1-c1nc2cc(C(F)(F)C(F)(F)F)cnc2n1C. The molecule has 190 valence electrons. The van der Waals surface area contributed by atoms with E-state index in [1.165, 1.54) is 23.9 Å². The van der Waals surface area contributed by atoms with E-state index in [-0.39, 0.29) is 33.3 Å². The van der Waals surface area contributed by atoms with E-state index in [1.807, 2.05) is 10.8 Å². The molecule has 8 nitrogen and oxygen atoms in total. The molecule has 0 radical (unpaired) electrons. The summed E-state index contributed by atoms with van der Waals surface area (Å²) in [5.74, 6) is -5.12. The molecule has 0 aromatic carbocycles. The highest BCUT2D eigenvalue weighted by Gasteiger charge is 2.59. The van der Waals surface area contributed by atoms with Gasteiger partial charge in [0.2, 0.25) is 0 Å². The number of rotatable bonds is 6. The van der Waals surface area contributed by atoms with Crippen LogP contribution < -0.4 is 0 Å². The summed E-state index contributed by atoms with van der Waals surface area (Å²) in [5.41, 5.74) is -0.377. The largest absolute Gasteiger partial charge is 0.458 e. The van der Waals surface area contributed by atoms with Crippen molar-refractivity contribution >= 4 is 20.9 Å². The smallest absolute Gasteiger partial charge is 0.334 e. The van der Waals surface area contributed by atoms with Crippen LogP contribution in [0.2, 0.25) is 0 Å². The third-order valence-corrected chi connectivity index (χ3v) is 7.95. The van der Waals surface area contributed by atoms with Crippen molar-refractivity contribution in [2.75, 3.05) is 5.75 Å². The average Bonchev–Trinajstić information content (AvgIpc) is 3.47. The first-order valence-corrected chi connectivity index (χ1v) is 12.6. The molecule has 0 amide bonds. The number of pyridine rings is 2. The predicted molar refractivity (Wildman–Crippen MR) is 121 cm³/mol. The molecule has 1 aliphatic rings. The lowest BCUT2D eigenvalue weighted by atomic mass is 10.1. The number of hydrogen-bond donors (Lipinski definition) is 1. The summed E-state index contributed by atoms with van der Waals surface area (Å²) in [6, 6.07) is 2.56. The molecule has 0 saturated heterocycles. The highest BCUT2D eigenvalue weighted by molar-refractivity contribution is 7.92. The fraction of sp³-hybridized carbons (Fsp3) is 0.364. The van der Waals surface area contributed by atoms with E-state index < -0.39 is 27.4 Å². The van der Waals surface area contributed by atoms with Crippen molar-refractivity contribution < 1.29 is 26.2 Å². The number of nitrogens with zero attached hydrogens (tertiary/aromatic N) is 6. The quantitative estimate of drug-likeness (QED) is 0.344. The van der Waals surface area contributed by atoms with Crippen LogP contribution in [0.25, 0.3) is 33.9 Å². The lowest BCUT2D eigenvalue weighted by Gasteiger charge is -2.19. The molecule has 4 aromatic heterocycles. The Bertz CT molecular complexity index is 1590. The number of imidazole rings is 2. The zero-order valence-electron chi connectivity index (χ0n) is 19.1. The van der Waals surface area contributed by atoms with Crippen LogP contribution in [0.1, 0.15) is 31.4 Å². The van der Waals surface area contributed by atoms with Crippen LogP contribution in [0.5, 0.6) is 0 Å². The molecule has 36 heavy (non-hydrogen) atoms. The molecular formula is C22H20F5N7OS. The van der Waals surface area contributed by atoms with Gasteiger partial charge in [-0.2, -0.15) is 22.0 Å². The third-order valence-electron chi connectivity index (χ3n) is 6.12. The van der Waals surface area contributed by atoms with E-state index in [1.54, 1.807) is 13.3 Å². The van der Waals surface area contributed by atoms with Gasteiger partial charge in [0.1, 0.15) is 11.2 Å². The fourth-order valence-corrected chi connectivity index (χ4v) is 4.93. The molecule has 1 N–H and O–H groups in total. The molecule has 5 rings (SSSR count). The van der Waals surface area contributed by atoms with E-state index >= 15 is 0 Å². The topological polar surface area (TPSA) is 102 Å². The predicted octanol–water partition coefficient (Wildman–Crippen LogP) is 5.31. The monoisotopic (exact) mass is 525 g/mol. The van der Waals surface area contributed by atoms with Gasteiger partial charge in [0.15, 0.2) is 11.5 Å². The molecule has 4 heterocycles. The third kappa shape index (κ3) is 3.92. The molecule has 4 aromatic rings. The summed E-state index contributed by atoms with van der Waals surface area (Å²) in [4.78, 5) is 16.8. The fourth-order valence-electron chi connectivity index (χ4n) is 3.84. The van der Waals surface area contributed by atoms with Gasteiger partial charge in [-0.05, 0) is 25.0 Å². The molecule has 1 fully saturated rings. The highest BCUT2D eigenvalue weighted by atomic mass is 32.2. The van der Waals surface area contributed by atoms with Crippen LogP contribution in [0.15, 0.2) is 41.9 Å². The van der Waals surface area contributed by atoms with Gasteiger partial charge >= 0.3 is 12.1 Å².